The first kappa shape index (κ1) is 15.6. The van der Waals surface area contributed by atoms with Gasteiger partial charge in [-0.2, -0.15) is 4.68 Å². The quantitative estimate of drug-likeness (QED) is 0.731. The molecule has 0 aliphatic rings. The molecule has 0 radical (unpaired) electrons. The van der Waals surface area contributed by atoms with E-state index in [9.17, 15) is 4.39 Å². The Morgan fingerprint density at radius 3 is 2.70 bits per heavy atom. The van der Waals surface area contributed by atoms with Crippen LogP contribution in [0.1, 0.15) is 5.56 Å². The van der Waals surface area contributed by atoms with Crippen molar-refractivity contribution in [3.63, 3.8) is 0 Å². The molecule has 1 atom stereocenters. The molecule has 0 amide bonds. The van der Waals surface area contributed by atoms with Gasteiger partial charge in [0.1, 0.15) is 12.4 Å². The molecule has 0 saturated carbocycles. The monoisotopic (exact) mass is 330 g/mol. The zero-order chi connectivity index (χ0) is 16.2. The van der Waals surface area contributed by atoms with E-state index in [1.807, 2.05) is 43.4 Å². The van der Waals surface area contributed by atoms with Crippen molar-refractivity contribution < 1.29 is 13.7 Å². The topological polar surface area (TPSA) is 35.4 Å². The molecule has 4 nitrogen and oxygen atoms in total. The molecule has 0 fully saturated rings. The van der Waals surface area contributed by atoms with Crippen molar-refractivity contribution in [2.24, 2.45) is 0 Å². The summed E-state index contributed by atoms with van der Waals surface area (Å²) in [6.07, 6.45) is 0. The van der Waals surface area contributed by atoms with Crippen molar-refractivity contribution >= 4 is 12.2 Å². The number of benzene rings is 2. The molecule has 0 aliphatic heterocycles. The number of halogens is 1. The van der Waals surface area contributed by atoms with Crippen LogP contribution in [0.25, 0.3) is 11.5 Å². The summed E-state index contributed by atoms with van der Waals surface area (Å²) in [5, 5.41) is 4.43. The first-order chi connectivity index (χ1) is 11.1. The second kappa shape index (κ2) is 6.85. The number of aromatic nitrogens is 2. The van der Waals surface area contributed by atoms with E-state index in [2.05, 4.69) is 5.10 Å². The molecule has 118 valence electrons. The van der Waals surface area contributed by atoms with Gasteiger partial charge in [0.25, 0.3) is 4.84 Å². The van der Waals surface area contributed by atoms with Crippen LogP contribution in [0, 0.1) is 10.7 Å². The minimum Gasteiger partial charge on any atom is -0.409 e. The highest BCUT2D eigenvalue weighted by molar-refractivity contribution is 7.71. The van der Waals surface area contributed by atoms with Gasteiger partial charge in [-0.1, -0.05) is 30.3 Å². The Labute approximate surface area is 138 Å². The van der Waals surface area contributed by atoms with Gasteiger partial charge >= 0.3 is 0 Å². The normalized spacial score (nSPS) is 12.3. The van der Waals surface area contributed by atoms with E-state index in [1.165, 1.54) is 6.07 Å². The molecule has 0 saturated heterocycles. The summed E-state index contributed by atoms with van der Waals surface area (Å²) < 4.78 is 20.5. The van der Waals surface area contributed by atoms with E-state index < -0.39 is 0 Å². The van der Waals surface area contributed by atoms with E-state index in [-0.39, 0.29) is 5.82 Å². The highest BCUT2D eigenvalue weighted by Gasteiger charge is 2.12. The first-order valence-electron chi connectivity index (χ1n) is 7.31. The highest BCUT2D eigenvalue weighted by Crippen LogP contribution is 2.16. The zero-order valence-electron chi connectivity index (χ0n) is 12.7. The molecular weight excluding hydrogens is 313 g/mol. The van der Waals surface area contributed by atoms with Crippen LogP contribution in [0.4, 0.5) is 4.39 Å². The fraction of sp³-hybridized carbons (Fsp3) is 0.176. The summed E-state index contributed by atoms with van der Waals surface area (Å²) in [6.45, 7) is 1.22. The molecule has 0 bridgehead atoms. The predicted octanol–water partition coefficient (Wildman–Crippen LogP) is 2.68. The van der Waals surface area contributed by atoms with Crippen LogP contribution >= 0.6 is 12.2 Å². The smallest absolute Gasteiger partial charge is 0.292 e. The van der Waals surface area contributed by atoms with Gasteiger partial charge in [0.2, 0.25) is 5.89 Å². The lowest BCUT2D eigenvalue weighted by Gasteiger charge is -2.13. The van der Waals surface area contributed by atoms with Gasteiger partial charge in [-0.05, 0) is 36.5 Å². The van der Waals surface area contributed by atoms with Crippen molar-refractivity contribution in [1.82, 2.24) is 9.78 Å². The predicted molar refractivity (Wildman–Crippen MR) is 87.8 cm³/mol. The Hall–Kier alpha value is -2.31. The summed E-state index contributed by atoms with van der Waals surface area (Å²) in [6, 6.07) is 16.2. The number of rotatable bonds is 5. The third-order valence-corrected chi connectivity index (χ3v) is 3.74. The fourth-order valence-electron chi connectivity index (χ4n) is 2.41. The van der Waals surface area contributed by atoms with Gasteiger partial charge in [-0.25, -0.2) is 4.39 Å². The maximum atomic E-state index is 13.2. The van der Waals surface area contributed by atoms with Crippen molar-refractivity contribution in [2.75, 3.05) is 7.05 Å². The lowest BCUT2D eigenvalue weighted by atomic mass is 10.2. The van der Waals surface area contributed by atoms with Gasteiger partial charge in [0.05, 0.1) is 7.05 Å². The number of hydrogen-bond donors (Lipinski definition) is 1. The summed E-state index contributed by atoms with van der Waals surface area (Å²) in [4.78, 5) is 1.46. The van der Waals surface area contributed by atoms with Gasteiger partial charge in [0.15, 0.2) is 6.67 Å². The molecule has 23 heavy (non-hydrogen) atoms. The fourth-order valence-corrected chi connectivity index (χ4v) is 2.59. The van der Waals surface area contributed by atoms with Crippen molar-refractivity contribution in [3.8, 4) is 11.5 Å². The van der Waals surface area contributed by atoms with E-state index in [4.69, 9.17) is 16.6 Å². The van der Waals surface area contributed by atoms with Gasteiger partial charge in [0, 0.05) is 11.1 Å². The molecule has 1 aromatic heterocycles. The Bertz CT molecular complexity index is 844. The van der Waals surface area contributed by atoms with Gasteiger partial charge < -0.3 is 9.32 Å². The second-order valence-electron chi connectivity index (χ2n) is 5.46. The van der Waals surface area contributed by atoms with Crippen LogP contribution in [-0.4, -0.2) is 16.8 Å². The Balaban J connectivity index is 1.73. The van der Waals surface area contributed by atoms with E-state index in [0.29, 0.717) is 23.9 Å². The lowest BCUT2D eigenvalue weighted by Crippen LogP contribution is -3.07. The SMILES string of the molecule is C[NH+](Cc1cccc(F)c1)Cn1nc(-c2ccccc2)oc1=S. The molecule has 0 spiro atoms. The third kappa shape index (κ3) is 3.91. The standard InChI is InChI=1S/C17H16FN3OS/c1-20(11-13-6-5-9-15(18)10-13)12-21-17(23)22-16(19-21)14-7-3-2-4-8-14/h2-10H,11-12H2,1H3/p+1. The van der Waals surface area contributed by atoms with Crippen LogP contribution in [-0.2, 0) is 13.2 Å². The minimum atomic E-state index is -0.222. The van der Waals surface area contributed by atoms with Gasteiger partial charge in [-0.15, -0.1) is 5.10 Å². The molecule has 6 heteroatoms. The molecular formula is C17H17FN3OS+. The number of hydrogen-bond acceptors (Lipinski definition) is 3. The molecule has 1 N–H and O–H groups in total. The maximum absolute atomic E-state index is 13.2. The van der Waals surface area contributed by atoms with Crippen molar-refractivity contribution in [1.29, 1.82) is 0 Å². The Kier molecular flexibility index (Phi) is 4.64. The summed E-state index contributed by atoms with van der Waals surface area (Å²) in [7, 11) is 2.00. The molecule has 1 heterocycles. The zero-order valence-corrected chi connectivity index (χ0v) is 13.5. The average Bonchev–Trinajstić information content (AvgIpc) is 2.89. The summed E-state index contributed by atoms with van der Waals surface area (Å²) in [5.74, 6) is 0.286. The third-order valence-electron chi connectivity index (χ3n) is 3.44. The summed E-state index contributed by atoms with van der Waals surface area (Å²) >= 11 is 5.24. The Morgan fingerprint density at radius 1 is 1.17 bits per heavy atom. The van der Waals surface area contributed by atoms with Crippen LogP contribution in [0.15, 0.2) is 59.0 Å². The average molecular weight is 330 g/mol. The largest absolute Gasteiger partial charge is 0.409 e. The van der Waals surface area contributed by atoms with Crippen LogP contribution in [0.3, 0.4) is 0 Å². The van der Waals surface area contributed by atoms with Gasteiger partial charge in [-0.3, -0.25) is 0 Å². The molecule has 1 unspecified atom stereocenters. The highest BCUT2D eigenvalue weighted by atomic mass is 32.1. The molecule has 3 rings (SSSR count). The van der Waals surface area contributed by atoms with Crippen LogP contribution < -0.4 is 4.90 Å². The number of nitrogens with zero attached hydrogens (tertiary/aromatic N) is 2. The molecule has 3 aromatic rings. The number of nitrogens with one attached hydrogen (secondary N) is 1. The Morgan fingerprint density at radius 2 is 1.96 bits per heavy atom. The molecule has 2 aromatic carbocycles. The van der Waals surface area contributed by atoms with Crippen molar-refractivity contribution in [3.05, 3.63) is 70.8 Å². The lowest BCUT2D eigenvalue weighted by molar-refractivity contribution is -0.917. The van der Waals surface area contributed by atoms with E-state index in [0.717, 1.165) is 16.0 Å². The minimum absolute atomic E-state index is 0.222. The van der Waals surface area contributed by atoms with E-state index >= 15 is 0 Å². The maximum Gasteiger partial charge on any atom is 0.292 e. The first-order valence-corrected chi connectivity index (χ1v) is 7.72. The van der Waals surface area contributed by atoms with E-state index in [1.54, 1.807) is 16.8 Å². The second-order valence-corrected chi connectivity index (χ2v) is 5.81. The summed E-state index contributed by atoms with van der Waals surface area (Å²) in [5.41, 5.74) is 1.82. The molecule has 0 aliphatic carbocycles. The number of quaternary nitrogens is 1. The van der Waals surface area contributed by atoms with Crippen molar-refractivity contribution in [2.45, 2.75) is 13.2 Å². The van der Waals surface area contributed by atoms with Crippen LogP contribution in [0.5, 0.6) is 0 Å². The van der Waals surface area contributed by atoms with Crippen LogP contribution in [0.2, 0.25) is 0 Å².